The molecule has 16 heteroatoms. The normalized spacial score (nSPS) is 32.6. The topological polar surface area (TPSA) is 221 Å². The second kappa shape index (κ2) is 16.3. The molecule has 2 heterocycles. The lowest BCUT2D eigenvalue weighted by Crippen LogP contribution is -2.76. The van der Waals surface area contributed by atoms with Crippen molar-refractivity contribution in [2.24, 2.45) is 16.7 Å². The van der Waals surface area contributed by atoms with E-state index < -0.39 is 112 Å². The SMILES string of the molecule is CC(=O)O[C@@]12O[C@@H]3C[C@H](O)[C@@](C)(C1=O)[C@H]([C@H](OC(=O)c1ccccc1)[C@]1(O)C[C@H](OC(=O)[C@H](O)[C@@H](NC(=O)c4cccc(Cl)c4)c4ccccc4)C(C)=C2C1(C)C)[C@@]3(C)OC(C)=O. The van der Waals surface area contributed by atoms with E-state index in [0.29, 0.717) is 5.56 Å². The minimum atomic E-state index is -2.75. The lowest BCUT2D eigenvalue weighted by Gasteiger charge is -2.62. The van der Waals surface area contributed by atoms with E-state index in [4.69, 9.17) is 35.3 Å². The molecule has 334 valence electrons. The van der Waals surface area contributed by atoms with Gasteiger partial charge in [0.25, 0.3) is 11.7 Å². The summed E-state index contributed by atoms with van der Waals surface area (Å²) in [6.45, 7) is 9.47. The quantitative estimate of drug-likeness (QED) is 0.123. The highest BCUT2D eigenvalue weighted by Crippen LogP contribution is 2.67. The third kappa shape index (κ3) is 7.33. The van der Waals surface area contributed by atoms with Crippen molar-refractivity contribution < 1.29 is 67.8 Å². The number of hydrogen-bond donors (Lipinski definition) is 4. The zero-order valence-corrected chi connectivity index (χ0v) is 36.5. The van der Waals surface area contributed by atoms with Crippen LogP contribution in [-0.4, -0.2) is 98.4 Å². The number of esters is 4. The second-order valence-corrected chi connectivity index (χ2v) is 18.1. The molecule has 1 amide bonds. The summed E-state index contributed by atoms with van der Waals surface area (Å²) < 4.78 is 31.3. The Hall–Kier alpha value is -5.45. The fourth-order valence-electron chi connectivity index (χ4n) is 10.5. The second-order valence-electron chi connectivity index (χ2n) is 17.7. The summed E-state index contributed by atoms with van der Waals surface area (Å²) in [5, 5.41) is 40.5. The Morgan fingerprint density at radius 2 is 1.46 bits per heavy atom. The number of fused-ring (bicyclic) bond motifs is 3. The average Bonchev–Trinajstić information content (AvgIpc) is 3.33. The first-order valence-electron chi connectivity index (χ1n) is 20.5. The molecule has 3 aliphatic carbocycles. The number of nitrogens with one attached hydrogen (secondary N) is 1. The molecule has 15 nitrogen and oxygen atoms in total. The number of amides is 1. The maximum atomic E-state index is 15.7. The molecule has 3 aromatic carbocycles. The van der Waals surface area contributed by atoms with Crippen LogP contribution in [0, 0.1) is 16.7 Å². The molecular weight excluding hydrogens is 838 g/mol. The van der Waals surface area contributed by atoms with Crippen LogP contribution in [0.25, 0.3) is 0 Å². The number of carbonyl (C=O) groups excluding carboxylic acids is 6. The first-order chi connectivity index (χ1) is 29.5. The van der Waals surface area contributed by atoms with Gasteiger partial charge in [0.05, 0.1) is 29.0 Å². The van der Waals surface area contributed by atoms with E-state index in [2.05, 4.69) is 5.32 Å². The van der Waals surface area contributed by atoms with Crippen molar-refractivity contribution in [1.82, 2.24) is 5.32 Å². The Balaban J connectivity index is 1.42. The van der Waals surface area contributed by atoms with Crippen LogP contribution in [0.1, 0.15) is 93.6 Å². The smallest absolute Gasteiger partial charge is 0.338 e. The number of ketones is 1. The van der Waals surface area contributed by atoms with Crippen LogP contribution in [0.4, 0.5) is 0 Å². The van der Waals surface area contributed by atoms with E-state index in [1.54, 1.807) is 60.7 Å². The van der Waals surface area contributed by atoms with Gasteiger partial charge in [0, 0.05) is 48.3 Å². The zero-order valence-electron chi connectivity index (χ0n) is 35.7. The van der Waals surface area contributed by atoms with Crippen LogP contribution in [-0.2, 0) is 42.9 Å². The van der Waals surface area contributed by atoms with Gasteiger partial charge in [0.15, 0.2) is 6.10 Å². The molecule has 3 aromatic rings. The fourth-order valence-corrected chi connectivity index (χ4v) is 10.7. The lowest BCUT2D eigenvalue weighted by atomic mass is 9.46. The van der Waals surface area contributed by atoms with Gasteiger partial charge in [-0.15, -0.1) is 0 Å². The summed E-state index contributed by atoms with van der Waals surface area (Å²) in [5.74, 6) is -10.1. The van der Waals surface area contributed by atoms with Crippen molar-refractivity contribution in [3.8, 4) is 0 Å². The molecule has 2 saturated heterocycles. The maximum absolute atomic E-state index is 15.7. The van der Waals surface area contributed by atoms with Crippen LogP contribution in [0.2, 0.25) is 5.02 Å². The van der Waals surface area contributed by atoms with Gasteiger partial charge in [-0.2, -0.15) is 0 Å². The highest BCUT2D eigenvalue weighted by atomic mass is 35.5. The third-order valence-corrected chi connectivity index (χ3v) is 13.8. The molecular formula is C47H50ClNO14. The summed E-state index contributed by atoms with van der Waals surface area (Å²) in [5.41, 5.74) is -7.96. The van der Waals surface area contributed by atoms with Crippen LogP contribution >= 0.6 is 11.6 Å². The number of carbonyl (C=O) groups is 6. The molecule has 63 heavy (non-hydrogen) atoms. The Morgan fingerprint density at radius 1 is 0.857 bits per heavy atom. The van der Waals surface area contributed by atoms with Crippen molar-refractivity contribution in [3.63, 3.8) is 0 Å². The van der Waals surface area contributed by atoms with Crippen LogP contribution < -0.4 is 5.32 Å². The van der Waals surface area contributed by atoms with Gasteiger partial charge in [-0.1, -0.05) is 80.0 Å². The van der Waals surface area contributed by atoms with Crippen molar-refractivity contribution in [2.45, 2.75) is 115 Å². The monoisotopic (exact) mass is 887 g/mol. The molecule has 8 rings (SSSR count). The van der Waals surface area contributed by atoms with E-state index >= 15 is 4.79 Å². The molecule has 2 aliphatic heterocycles. The first-order valence-corrected chi connectivity index (χ1v) is 20.9. The highest BCUT2D eigenvalue weighted by molar-refractivity contribution is 6.31. The van der Waals surface area contributed by atoms with Crippen LogP contribution in [0.15, 0.2) is 96.1 Å². The number of aliphatic hydroxyl groups excluding tert-OH is 2. The van der Waals surface area contributed by atoms with Gasteiger partial charge in [0.2, 0.25) is 5.78 Å². The number of aliphatic hydroxyl groups is 3. The van der Waals surface area contributed by atoms with Gasteiger partial charge in [0.1, 0.15) is 29.5 Å². The number of hydrogen-bond acceptors (Lipinski definition) is 14. The summed E-state index contributed by atoms with van der Waals surface area (Å²) in [6, 6.07) is 20.6. The summed E-state index contributed by atoms with van der Waals surface area (Å²) >= 11 is 6.14. The molecule has 4 fully saturated rings. The van der Waals surface area contributed by atoms with Crippen LogP contribution in [0.3, 0.4) is 0 Å². The fraction of sp³-hybridized carbons (Fsp3) is 0.447. The Bertz CT molecular complexity index is 2390. The molecule has 0 radical (unpaired) electrons. The standard InChI is InChI=1S/C47H50ClNO14/c1-24-31(59-41(56)35(53)34(27-15-10-8-11-16-27)49-39(54)29-19-14-20-30(48)21-29)23-46(58)38(60-40(55)28-17-12-9-13-18-28)37-44(6)32(52)22-33(45(37,7)61-25(2)50)63-47(42(44)57,62-26(3)51)36(24)43(46,4)5/h8-21,31-35,37-38,52-53,58H,22-23H2,1-7H3,(H,49,54)/t31-,32-,33+,34-,35+,37-,38-,44+,45-,46+,47-/m0/s1. The molecule has 0 unspecified atom stereocenters. The first kappa shape index (κ1) is 45.6. The number of ether oxygens (including phenoxy) is 5. The van der Waals surface area contributed by atoms with Gasteiger partial charge in [-0.25, -0.2) is 9.59 Å². The Morgan fingerprint density at radius 3 is 2.06 bits per heavy atom. The number of Topliss-reactive ketones (excluding diaryl/α,β-unsaturated/α-hetero) is 1. The van der Waals surface area contributed by atoms with Crippen LogP contribution in [0.5, 0.6) is 0 Å². The number of benzene rings is 3. The predicted molar refractivity (Wildman–Crippen MR) is 222 cm³/mol. The van der Waals surface area contributed by atoms with Crippen molar-refractivity contribution in [3.05, 3.63) is 118 Å². The van der Waals surface area contributed by atoms with E-state index in [1.165, 1.54) is 58.9 Å². The summed E-state index contributed by atoms with van der Waals surface area (Å²) in [4.78, 5) is 84.3. The Kier molecular flexibility index (Phi) is 11.8. The van der Waals surface area contributed by atoms with Gasteiger partial charge >= 0.3 is 23.9 Å². The zero-order chi connectivity index (χ0) is 46.0. The summed E-state index contributed by atoms with van der Waals surface area (Å²) in [7, 11) is 0. The molecule has 0 aromatic heterocycles. The molecule has 0 spiro atoms. The highest BCUT2D eigenvalue weighted by Gasteiger charge is 2.82. The average molecular weight is 888 g/mol. The van der Waals surface area contributed by atoms with E-state index in [0.717, 1.165) is 13.8 Å². The predicted octanol–water partition coefficient (Wildman–Crippen LogP) is 4.74. The molecule has 6 bridgehead atoms. The molecule has 4 N–H and O–H groups in total. The lowest BCUT2D eigenvalue weighted by molar-refractivity contribution is -0.266. The van der Waals surface area contributed by atoms with Gasteiger partial charge in [-0.3, -0.25) is 19.2 Å². The summed E-state index contributed by atoms with van der Waals surface area (Å²) in [6.07, 6.45) is -9.47. The van der Waals surface area contributed by atoms with E-state index in [9.17, 15) is 39.3 Å². The number of rotatable bonds is 10. The number of halogens is 1. The maximum Gasteiger partial charge on any atom is 0.338 e. The Labute approximate surface area is 368 Å². The molecule has 11 atom stereocenters. The van der Waals surface area contributed by atoms with Crippen molar-refractivity contribution >= 4 is 47.2 Å². The van der Waals surface area contributed by atoms with Crippen molar-refractivity contribution in [1.29, 1.82) is 0 Å². The van der Waals surface area contributed by atoms with Gasteiger partial charge < -0.3 is 44.3 Å². The van der Waals surface area contributed by atoms with Gasteiger partial charge in [-0.05, 0) is 62.2 Å². The minimum Gasteiger partial charge on any atom is -0.456 e. The third-order valence-electron chi connectivity index (χ3n) is 13.6. The largest absolute Gasteiger partial charge is 0.456 e. The van der Waals surface area contributed by atoms with E-state index in [1.807, 2.05) is 0 Å². The minimum absolute atomic E-state index is 0.0529. The van der Waals surface area contributed by atoms with E-state index in [-0.39, 0.29) is 33.7 Å². The molecule has 2 saturated carbocycles. The molecule has 5 aliphatic rings. The van der Waals surface area contributed by atoms with Crippen molar-refractivity contribution in [2.75, 3.05) is 0 Å².